The van der Waals surface area contributed by atoms with Gasteiger partial charge in [0.15, 0.2) is 0 Å². The molecule has 10 nitrogen and oxygen atoms in total. The molecule has 32 heavy (non-hydrogen) atoms. The van der Waals surface area contributed by atoms with Crippen LogP contribution >= 0.6 is 0 Å². The van der Waals surface area contributed by atoms with Gasteiger partial charge >= 0.3 is 6.03 Å². The number of amides is 4. The maximum Gasteiger partial charge on any atom is 0.325 e. The highest BCUT2D eigenvalue weighted by Gasteiger charge is 2.54. The van der Waals surface area contributed by atoms with Gasteiger partial charge in [-0.1, -0.05) is 18.9 Å². The summed E-state index contributed by atoms with van der Waals surface area (Å²) < 4.78 is 32.7. The first-order chi connectivity index (χ1) is 15.2. The third kappa shape index (κ3) is 3.89. The summed E-state index contributed by atoms with van der Waals surface area (Å²) in [5.74, 6) is -0.940. The molecule has 2 N–H and O–H groups in total. The second kappa shape index (κ2) is 8.45. The summed E-state index contributed by atoms with van der Waals surface area (Å²) in [7, 11) is -3.75. The third-order valence-electron chi connectivity index (χ3n) is 6.46. The number of rotatable bonds is 5. The Morgan fingerprint density at radius 3 is 2.50 bits per heavy atom. The zero-order chi connectivity index (χ0) is 23.1. The molecule has 2 heterocycles. The highest BCUT2D eigenvalue weighted by Crippen LogP contribution is 2.36. The van der Waals surface area contributed by atoms with Gasteiger partial charge in [0.1, 0.15) is 11.6 Å². The number of morpholine rings is 1. The number of hydrogen-bond acceptors (Lipinski definition) is 6. The Hall–Kier alpha value is -2.50. The molecule has 2 aliphatic heterocycles. The van der Waals surface area contributed by atoms with Crippen molar-refractivity contribution in [3.05, 3.63) is 23.8 Å². The van der Waals surface area contributed by atoms with Crippen molar-refractivity contribution >= 4 is 33.6 Å². The van der Waals surface area contributed by atoms with Gasteiger partial charge < -0.3 is 15.4 Å². The van der Waals surface area contributed by atoms with E-state index in [2.05, 4.69) is 10.6 Å². The fraction of sp³-hybridized carbons (Fsp3) is 0.571. The maximum absolute atomic E-state index is 13.1. The zero-order valence-corrected chi connectivity index (χ0v) is 19.0. The molecule has 1 aromatic carbocycles. The SMILES string of the molecule is Cc1ccc(NC(=O)[C@@H](C)N2C(=O)NC3(CCCC3)C2=O)cc1S(=O)(=O)N1CCOCC1. The molecule has 4 amide bonds. The van der Waals surface area contributed by atoms with Crippen LogP contribution in [0.1, 0.15) is 38.2 Å². The van der Waals surface area contributed by atoms with Crippen LogP contribution in [0.4, 0.5) is 10.5 Å². The summed E-state index contributed by atoms with van der Waals surface area (Å²) in [6.07, 6.45) is 2.85. The largest absolute Gasteiger partial charge is 0.379 e. The molecule has 1 saturated carbocycles. The molecule has 1 spiro atoms. The molecule has 3 fully saturated rings. The molecule has 3 aliphatic rings. The predicted molar refractivity (Wildman–Crippen MR) is 115 cm³/mol. The lowest BCUT2D eigenvalue weighted by Crippen LogP contribution is -2.48. The van der Waals surface area contributed by atoms with E-state index in [9.17, 15) is 22.8 Å². The van der Waals surface area contributed by atoms with Crippen LogP contribution in [-0.2, 0) is 24.3 Å². The van der Waals surface area contributed by atoms with E-state index in [4.69, 9.17) is 4.74 Å². The van der Waals surface area contributed by atoms with Gasteiger partial charge in [-0.15, -0.1) is 0 Å². The van der Waals surface area contributed by atoms with Gasteiger partial charge in [0.25, 0.3) is 5.91 Å². The number of benzene rings is 1. The number of carbonyl (C=O) groups is 3. The second-order valence-electron chi connectivity index (χ2n) is 8.56. The molecular weight excluding hydrogens is 436 g/mol. The molecule has 4 rings (SSSR count). The van der Waals surface area contributed by atoms with Crippen molar-refractivity contribution in [3.8, 4) is 0 Å². The highest BCUT2D eigenvalue weighted by atomic mass is 32.2. The van der Waals surface area contributed by atoms with Crippen LogP contribution < -0.4 is 10.6 Å². The molecule has 11 heteroatoms. The smallest absolute Gasteiger partial charge is 0.325 e. The summed E-state index contributed by atoms with van der Waals surface area (Å²) in [4.78, 5) is 39.3. The molecule has 0 radical (unpaired) electrons. The second-order valence-corrected chi connectivity index (χ2v) is 10.5. The molecule has 1 aromatic rings. The van der Waals surface area contributed by atoms with Crippen LogP contribution in [0.3, 0.4) is 0 Å². The topological polar surface area (TPSA) is 125 Å². The lowest BCUT2D eigenvalue weighted by Gasteiger charge is -2.27. The van der Waals surface area contributed by atoms with Crippen LogP contribution in [-0.4, -0.2) is 73.4 Å². The minimum Gasteiger partial charge on any atom is -0.379 e. The molecular formula is C21H28N4O6S. The average Bonchev–Trinajstić information content (AvgIpc) is 3.34. The Morgan fingerprint density at radius 1 is 1.19 bits per heavy atom. The van der Waals surface area contributed by atoms with E-state index in [1.807, 2.05) is 0 Å². The van der Waals surface area contributed by atoms with Gasteiger partial charge in [0.2, 0.25) is 15.9 Å². The number of urea groups is 1. The average molecular weight is 465 g/mol. The number of nitrogens with one attached hydrogen (secondary N) is 2. The molecule has 2 saturated heterocycles. The number of imide groups is 1. The van der Waals surface area contributed by atoms with E-state index in [-0.39, 0.29) is 29.6 Å². The van der Waals surface area contributed by atoms with Crippen molar-refractivity contribution in [2.75, 3.05) is 31.6 Å². The molecule has 0 aromatic heterocycles. The number of aryl methyl sites for hydroxylation is 1. The van der Waals surface area contributed by atoms with Crippen molar-refractivity contribution in [3.63, 3.8) is 0 Å². The summed E-state index contributed by atoms with van der Waals surface area (Å²) >= 11 is 0. The molecule has 1 aliphatic carbocycles. The molecule has 1 atom stereocenters. The quantitative estimate of drug-likeness (QED) is 0.631. The summed E-state index contributed by atoms with van der Waals surface area (Å²) in [5.41, 5.74) is -0.0590. The summed E-state index contributed by atoms with van der Waals surface area (Å²) in [6, 6.07) is 3.02. The number of carbonyl (C=O) groups excluding carboxylic acids is 3. The van der Waals surface area contributed by atoms with Crippen molar-refractivity contribution in [2.24, 2.45) is 0 Å². The number of anilines is 1. The van der Waals surface area contributed by atoms with Crippen molar-refractivity contribution in [1.29, 1.82) is 0 Å². The van der Waals surface area contributed by atoms with Gasteiger partial charge in [0, 0.05) is 18.8 Å². The minimum atomic E-state index is -3.75. The van der Waals surface area contributed by atoms with E-state index in [0.29, 0.717) is 31.6 Å². The minimum absolute atomic E-state index is 0.102. The first kappa shape index (κ1) is 22.7. The summed E-state index contributed by atoms with van der Waals surface area (Å²) in [5, 5.41) is 5.42. The van der Waals surface area contributed by atoms with Crippen molar-refractivity contribution < 1.29 is 27.5 Å². The Balaban J connectivity index is 1.52. The van der Waals surface area contributed by atoms with Crippen LogP contribution in [0.5, 0.6) is 0 Å². The van der Waals surface area contributed by atoms with E-state index in [1.54, 1.807) is 19.1 Å². The fourth-order valence-corrected chi connectivity index (χ4v) is 6.21. The van der Waals surface area contributed by atoms with Gasteiger partial charge in [-0.25, -0.2) is 18.1 Å². The van der Waals surface area contributed by atoms with Gasteiger partial charge in [-0.05, 0) is 44.4 Å². The number of sulfonamides is 1. The third-order valence-corrected chi connectivity index (χ3v) is 8.50. The van der Waals surface area contributed by atoms with Gasteiger partial charge in [0.05, 0.1) is 18.1 Å². The lowest BCUT2D eigenvalue weighted by molar-refractivity contribution is -0.136. The van der Waals surface area contributed by atoms with E-state index in [1.165, 1.54) is 17.3 Å². The van der Waals surface area contributed by atoms with Crippen LogP contribution in [0.25, 0.3) is 0 Å². The number of nitrogens with zero attached hydrogens (tertiary/aromatic N) is 2. The Labute approximate surface area is 187 Å². The standard InChI is InChI=1S/C21H28N4O6S/c1-14-5-6-16(13-17(14)32(29,30)24-9-11-31-12-10-24)22-18(26)15(2)25-19(27)21(23-20(25)28)7-3-4-8-21/h5-6,13,15H,3-4,7-12H2,1-2H3,(H,22,26)(H,23,28)/t15-/m1/s1. The predicted octanol–water partition coefficient (Wildman–Crippen LogP) is 1.21. The van der Waals surface area contributed by atoms with Crippen molar-refractivity contribution in [2.45, 2.75) is 56.0 Å². The van der Waals surface area contributed by atoms with Crippen LogP contribution in [0, 0.1) is 6.92 Å². The van der Waals surface area contributed by atoms with Gasteiger partial charge in [-0.2, -0.15) is 4.31 Å². The van der Waals surface area contributed by atoms with Crippen LogP contribution in [0.15, 0.2) is 23.1 Å². The number of hydrogen-bond donors (Lipinski definition) is 2. The first-order valence-electron chi connectivity index (χ1n) is 10.8. The van der Waals surface area contributed by atoms with Crippen LogP contribution in [0.2, 0.25) is 0 Å². The summed E-state index contributed by atoms with van der Waals surface area (Å²) in [6.45, 7) is 4.38. The Bertz CT molecular complexity index is 1040. The van der Waals surface area contributed by atoms with E-state index >= 15 is 0 Å². The monoisotopic (exact) mass is 464 g/mol. The highest BCUT2D eigenvalue weighted by molar-refractivity contribution is 7.89. The molecule has 174 valence electrons. The molecule has 0 bridgehead atoms. The van der Waals surface area contributed by atoms with Crippen molar-refractivity contribution in [1.82, 2.24) is 14.5 Å². The Morgan fingerprint density at radius 2 is 1.84 bits per heavy atom. The van der Waals surface area contributed by atoms with E-state index in [0.717, 1.165) is 17.7 Å². The van der Waals surface area contributed by atoms with E-state index < -0.39 is 33.5 Å². The Kier molecular flexibility index (Phi) is 5.99. The normalized spacial score (nSPS) is 22.2. The lowest BCUT2D eigenvalue weighted by atomic mass is 9.97. The first-order valence-corrected chi connectivity index (χ1v) is 12.2. The number of ether oxygens (including phenoxy) is 1. The molecule has 0 unspecified atom stereocenters. The zero-order valence-electron chi connectivity index (χ0n) is 18.2. The van der Waals surface area contributed by atoms with Gasteiger partial charge in [-0.3, -0.25) is 9.59 Å². The maximum atomic E-state index is 13.1. The fourth-order valence-electron chi connectivity index (χ4n) is 4.56.